The Morgan fingerprint density at radius 3 is 2.38 bits per heavy atom. The minimum absolute atomic E-state index is 0.000799. The van der Waals surface area contributed by atoms with E-state index in [9.17, 15) is 14.9 Å². The fourth-order valence-electron chi connectivity index (χ4n) is 3.04. The third kappa shape index (κ3) is 5.19. The molecule has 0 radical (unpaired) electrons. The van der Waals surface area contributed by atoms with E-state index in [0.717, 1.165) is 11.1 Å². The number of rotatable bonds is 8. The van der Waals surface area contributed by atoms with Crippen LogP contribution in [-0.2, 0) is 0 Å². The highest BCUT2D eigenvalue weighted by Gasteiger charge is 2.18. The number of nitro groups is 1. The van der Waals surface area contributed by atoms with Crippen LogP contribution < -0.4 is 10.1 Å². The predicted octanol–water partition coefficient (Wildman–Crippen LogP) is 5.34. The molecular weight excluding hydrogens is 368 g/mol. The lowest BCUT2D eigenvalue weighted by atomic mass is 9.96. The predicted molar refractivity (Wildman–Crippen MR) is 113 cm³/mol. The second-order valence-corrected chi connectivity index (χ2v) is 6.77. The second-order valence-electron chi connectivity index (χ2n) is 6.77. The van der Waals surface area contributed by atoms with E-state index < -0.39 is 4.92 Å². The first kappa shape index (κ1) is 20.1. The van der Waals surface area contributed by atoms with Gasteiger partial charge in [0.25, 0.3) is 5.69 Å². The summed E-state index contributed by atoms with van der Waals surface area (Å²) >= 11 is 0. The number of hydrogen-bond donors (Lipinski definition) is 1. The molecule has 0 aliphatic heterocycles. The number of non-ortho nitro benzene ring substituents is 1. The molecular formula is C23H22N2O4. The van der Waals surface area contributed by atoms with Gasteiger partial charge in [0.2, 0.25) is 0 Å². The van der Waals surface area contributed by atoms with Gasteiger partial charge in [-0.2, -0.15) is 0 Å². The molecule has 3 aromatic rings. The number of Topliss-reactive ketones (excluding diaryl/α,β-unsaturated/α-hetero) is 1. The van der Waals surface area contributed by atoms with Crippen molar-refractivity contribution in [2.24, 2.45) is 0 Å². The van der Waals surface area contributed by atoms with Crippen molar-refractivity contribution in [3.05, 3.63) is 99.6 Å². The van der Waals surface area contributed by atoms with Crippen LogP contribution >= 0.6 is 0 Å². The van der Waals surface area contributed by atoms with Crippen LogP contribution in [0.5, 0.6) is 5.75 Å². The number of benzene rings is 3. The lowest BCUT2D eigenvalue weighted by Crippen LogP contribution is -2.16. The van der Waals surface area contributed by atoms with Crippen LogP contribution in [0, 0.1) is 17.0 Å². The zero-order chi connectivity index (χ0) is 20.8. The second kappa shape index (κ2) is 9.01. The topological polar surface area (TPSA) is 81.5 Å². The number of nitrogens with zero attached hydrogens (tertiary/aromatic N) is 1. The molecule has 0 aliphatic rings. The number of carbonyl (C=O) groups is 1. The van der Waals surface area contributed by atoms with Gasteiger partial charge < -0.3 is 10.1 Å². The molecule has 1 N–H and O–H groups in total. The molecule has 0 saturated carbocycles. The third-order valence-electron chi connectivity index (χ3n) is 4.68. The van der Waals surface area contributed by atoms with Crippen LogP contribution in [0.1, 0.15) is 33.9 Å². The first-order valence-electron chi connectivity index (χ1n) is 9.21. The van der Waals surface area contributed by atoms with Crippen LogP contribution in [0.25, 0.3) is 0 Å². The number of methoxy groups -OCH3 is 1. The molecule has 0 heterocycles. The van der Waals surface area contributed by atoms with E-state index in [2.05, 4.69) is 5.32 Å². The highest BCUT2D eigenvalue weighted by molar-refractivity contribution is 5.96. The van der Waals surface area contributed by atoms with Gasteiger partial charge in [-0.3, -0.25) is 14.9 Å². The summed E-state index contributed by atoms with van der Waals surface area (Å²) in [7, 11) is 1.58. The highest BCUT2D eigenvalue weighted by Crippen LogP contribution is 2.27. The number of nitro benzene ring substituents is 1. The number of anilines is 1. The van der Waals surface area contributed by atoms with Crippen molar-refractivity contribution in [3.8, 4) is 5.75 Å². The quantitative estimate of drug-likeness (QED) is 0.319. The third-order valence-corrected chi connectivity index (χ3v) is 4.68. The molecule has 0 fully saturated rings. The van der Waals surface area contributed by atoms with Crippen LogP contribution in [0.2, 0.25) is 0 Å². The molecule has 6 nitrogen and oxygen atoms in total. The smallest absolute Gasteiger partial charge is 0.271 e. The fraction of sp³-hybridized carbons (Fsp3) is 0.174. The van der Waals surface area contributed by atoms with Crippen molar-refractivity contribution in [2.75, 3.05) is 12.4 Å². The highest BCUT2D eigenvalue weighted by atomic mass is 16.6. The van der Waals surface area contributed by atoms with E-state index in [1.807, 2.05) is 31.2 Å². The van der Waals surface area contributed by atoms with Crippen molar-refractivity contribution in [2.45, 2.75) is 19.4 Å². The Morgan fingerprint density at radius 2 is 1.76 bits per heavy atom. The van der Waals surface area contributed by atoms with Crippen molar-refractivity contribution in [1.82, 2.24) is 0 Å². The van der Waals surface area contributed by atoms with Gasteiger partial charge in [-0.05, 0) is 42.8 Å². The van der Waals surface area contributed by atoms with Crippen LogP contribution in [0.15, 0.2) is 72.8 Å². The van der Waals surface area contributed by atoms with Gasteiger partial charge in [0, 0.05) is 29.8 Å². The summed E-state index contributed by atoms with van der Waals surface area (Å²) in [6.07, 6.45) is 0.206. The Balaban J connectivity index is 1.86. The summed E-state index contributed by atoms with van der Waals surface area (Å²) in [5.41, 5.74) is 3.23. The lowest BCUT2D eigenvalue weighted by Gasteiger charge is -2.20. The van der Waals surface area contributed by atoms with E-state index in [0.29, 0.717) is 17.0 Å². The molecule has 29 heavy (non-hydrogen) atoms. The van der Waals surface area contributed by atoms with E-state index in [4.69, 9.17) is 4.74 Å². The van der Waals surface area contributed by atoms with Gasteiger partial charge in [-0.1, -0.05) is 35.9 Å². The lowest BCUT2D eigenvalue weighted by molar-refractivity contribution is -0.384. The van der Waals surface area contributed by atoms with Gasteiger partial charge in [0.15, 0.2) is 5.78 Å². The molecule has 3 aromatic carbocycles. The Kier molecular flexibility index (Phi) is 6.24. The molecule has 1 unspecified atom stereocenters. The number of nitrogens with one attached hydrogen (secondary N) is 1. The van der Waals surface area contributed by atoms with Gasteiger partial charge in [0.1, 0.15) is 5.75 Å². The number of aryl methyl sites for hydroxylation is 1. The number of carbonyl (C=O) groups excluding carboxylic acids is 1. The molecule has 0 amide bonds. The van der Waals surface area contributed by atoms with E-state index in [-0.39, 0.29) is 23.9 Å². The van der Waals surface area contributed by atoms with Gasteiger partial charge in [0.05, 0.1) is 18.1 Å². The van der Waals surface area contributed by atoms with E-state index in [1.165, 1.54) is 12.1 Å². The summed E-state index contributed by atoms with van der Waals surface area (Å²) in [4.78, 5) is 23.5. The zero-order valence-electron chi connectivity index (χ0n) is 16.3. The largest absolute Gasteiger partial charge is 0.497 e. The normalized spacial score (nSPS) is 11.5. The molecule has 148 valence electrons. The summed E-state index contributed by atoms with van der Waals surface area (Å²) in [6, 6.07) is 20.8. The molecule has 0 spiro atoms. The minimum Gasteiger partial charge on any atom is -0.497 e. The van der Waals surface area contributed by atoms with Crippen molar-refractivity contribution < 1.29 is 14.5 Å². The molecule has 6 heteroatoms. The SMILES string of the molecule is COc1ccc(C(=O)CC(Nc2cccc([N+](=O)[O-])c2)c2ccc(C)cc2)cc1. The van der Waals surface area contributed by atoms with Gasteiger partial charge in [-0.15, -0.1) is 0 Å². The zero-order valence-corrected chi connectivity index (χ0v) is 16.3. The summed E-state index contributed by atoms with van der Waals surface area (Å²) in [6.45, 7) is 2.00. The van der Waals surface area contributed by atoms with Crippen molar-refractivity contribution in [1.29, 1.82) is 0 Å². The van der Waals surface area contributed by atoms with Crippen LogP contribution in [-0.4, -0.2) is 17.8 Å². The van der Waals surface area contributed by atoms with Gasteiger partial charge in [-0.25, -0.2) is 0 Å². The average Bonchev–Trinajstić information content (AvgIpc) is 2.74. The number of hydrogen-bond acceptors (Lipinski definition) is 5. The summed E-state index contributed by atoms with van der Waals surface area (Å²) < 4.78 is 5.14. The van der Waals surface area contributed by atoms with Crippen LogP contribution in [0.4, 0.5) is 11.4 Å². The Hall–Kier alpha value is -3.67. The maximum Gasteiger partial charge on any atom is 0.271 e. The molecule has 0 saturated heterocycles. The molecule has 3 rings (SSSR count). The summed E-state index contributed by atoms with van der Waals surface area (Å²) in [5.74, 6) is 0.655. The molecule has 0 bridgehead atoms. The first-order valence-corrected chi connectivity index (χ1v) is 9.21. The van der Waals surface area contributed by atoms with Crippen LogP contribution in [0.3, 0.4) is 0 Å². The first-order chi connectivity index (χ1) is 14.0. The van der Waals surface area contributed by atoms with E-state index >= 15 is 0 Å². The average molecular weight is 390 g/mol. The molecule has 1 atom stereocenters. The number of ether oxygens (including phenoxy) is 1. The number of ketones is 1. The maximum absolute atomic E-state index is 12.9. The van der Waals surface area contributed by atoms with E-state index in [1.54, 1.807) is 43.5 Å². The monoisotopic (exact) mass is 390 g/mol. The fourth-order valence-corrected chi connectivity index (χ4v) is 3.04. The minimum atomic E-state index is -0.436. The molecule has 0 aromatic heterocycles. The summed E-state index contributed by atoms with van der Waals surface area (Å²) in [5, 5.41) is 14.4. The Bertz CT molecular complexity index is 998. The van der Waals surface area contributed by atoms with Gasteiger partial charge >= 0.3 is 0 Å². The maximum atomic E-state index is 12.9. The van der Waals surface area contributed by atoms with Crippen molar-refractivity contribution >= 4 is 17.2 Å². The Morgan fingerprint density at radius 1 is 1.07 bits per heavy atom. The standard InChI is InChI=1S/C23H22N2O4/c1-16-6-8-17(9-7-16)22(24-19-4-3-5-20(14-19)25(27)28)15-23(26)18-10-12-21(29-2)13-11-18/h3-14,22,24H,15H2,1-2H3. The molecule has 0 aliphatic carbocycles. The Labute approximate surface area is 169 Å². The van der Waals surface area contributed by atoms with Crippen molar-refractivity contribution in [3.63, 3.8) is 0 Å².